The molecule has 3 aromatic rings. The number of halogens is 2. The van der Waals surface area contributed by atoms with Crippen molar-refractivity contribution >= 4 is 35.3 Å². The van der Waals surface area contributed by atoms with Crippen LogP contribution in [0.3, 0.4) is 0 Å². The van der Waals surface area contributed by atoms with Gasteiger partial charge in [0.15, 0.2) is 0 Å². The lowest BCUT2D eigenvalue weighted by Gasteiger charge is -2.38. The zero-order valence-electron chi connectivity index (χ0n) is 27.8. The SMILES string of the molecule is COc1ccc2c(c1)CCN(C1CCN(C(=O)Cn3c(C(C)(C)C)c(-c4cccc(F)c4Cl)c(=O)n(CCNC(=O)O)c3=O)CC1)C(=O)N2. The molecule has 0 aliphatic carbocycles. The van der Waals surface area contributed by atoms with E-state index < -0.39 is 35.1 Å². The van der Waals surface area contributed by atoms with E-state index >= 15 is 0 Å². The van der Waals surface area contributed by atoms with Gasteiger partial charge in [0.25, 0.3) is 5.56 Å². The van der Waals surface area contributed by atoms with E-state index in [2.05, 4.69) is 10.6 Å². The Balaban J connectivity index is 1.42. The first kappa shape index (κ1) is 35.5. The van der Waals surface area contributed by atoms with Gasteiger partial charge in [0, 0.05) is 61.1 Å². The van der Waals surface area contributed by atoms with E-state index in [1.807, 2.05) is 12.1 Å². The summed E-state index contributed by atoms with van der Waals surface area (Å²) in [5.74, 6) is -0.438. The summed E-state index contributed by atoms with van der Waals surface area (Å²) in [5, 5.41) is 13.9. The van der Waals surface area contributed by atoms with Crippen molar-refractivity contribution in [2.75, 3.05) is 38.6 Å². The number of anilines is 1. The molecule has 1 saturated heterocycles. The third kappa shape index (κ3) is 7.43. The average molecular weight is 699 g/mol. The maximum Gasteiger partial charge on any atom is 0.404 e. The number of urea groups is 1. The third-order valence-corrected chi connectivity index (χ3v) is 9.34. The number of nitrogens with one attached hydrogen (secondary N) is 2. The molecule has 0 bridgehead atoms. The minimum atomic E-state index is -1.34. The number of likely N-dealkylation sites (tertiary alicyclic amines) is 1. The van der Waals surface area contributed by atoms with Gasteiger partial charge in [-0.05, 0) is 49.1 Å². The Hall–Kier alpha value is -4.85. The normalized spacial score (nSPS) is 15.3. The van der Waals surface area contributed by atoms with Crippen LogP contribution in [-0.2, 0) is 29.7 Å². The molecule has 0 radical (unpaired) electrons. The van der Waals surface area contributed by atoms with Crippen LogP contribution in [-0.4, -0.2) is 81.4 Å². The molecule has 4 amide bonds. The lowest BCUT2D eigenvalue weighted by atomic mass is 9.86. The highest BCUT2D eigenvalue weighted by atomic mass is 35.5. The molecule has 3 N–H and O–H groups in total. The summed E-state index contributed by atoms with van der Waals surface area (Å²) in [7, 11) is 1.59. The molecule has 0 saturated carbocycles. The van der Waals surface area contributed by atoms with Gasteiger partial charge in [-0.15, -0.1) is 0 Å². The van der Waals surface area contributed by atoms with Crippen LogP contribution in [0.1, 0.15) is 44.9 Å². The summed E-state index contributed by atoms with van der Waals surface area (Å²) in [6, 6.07) is 9.21. The number of hydrogen-bond acceptors (Lipinski definition) is 6. The van der Waals surface area contributed by atoms with Gasteiger partial charge in [0.1, 0.15) is 18.1 Å². The van der Waals surface area contributed by atoms with E-state index in [1.54, 1.807) is 43.7 Å². The predicted molar refractivity (Wildman–Crippen MR) is 182 cm³/mol. The Morgan fingerprint density at radius 3 is 2.45 bits per heavy atom. The smallest absolute Gasteiger partial charge is 0.404 e. The Labute approximate surface area is 287 Å². The molecule has 1 aromatic heterocycles. The highest BCUT2D eigenvalue weighted by molar-refractivity contribution is 6.33. The number of hydrogen-bond donors (Lipinski definition) is 3. The number of ether oxygens (including phenoxy) is 1. The van der Waals surface area contributed by atoms with Crippen LogP contribution in [0.5, 0.6) is 5.75 Å². The van der Waals surface area contributed by atoms with E-state index in [-0.39, 0.29) is 52.9 Å². The minimum absolute atomic E-state index is 0.0508. The largest absolute Gasteiger partial charge is 0.497 e. The lowest BCUT2D eigenvalue weighted by molar-refractivity contribution is -0.133. The predicted octanol–water partition coefficient (Wildman–Crippen LogP) is 4.12. The quantitative estimate of drug-likeness (QED) is 0.320. The molecule has 49 heavy (non-hydrogen) atoms. The highest BCUT2D eigenvalue weighted by Crippen LogP contribution is 2.35. The van der Waals surface area contributed by atoms with Gasteiger partial charge < -0.3 is 30.3 Å². The van der Waals surface area contributed by atoms with Crippen LogP contribution in [0.15, 0.2) is 46.0 Å². The number of rotatable bonds is 8. The number of nitrogens with zero attached hydrogens (tertiary/aromatic N) is 4. The van der Waals surface area contributed by atoms with Crippen molar-refractivity contribution in [2.24, 2.45) is 0 Å². The van der Waals surface area contributed by atoms with Crippen molar-refractivity contribution < 1.29 is 28.6 Å². The van der Waals surface area contributed by atoms with Crippen LogP contribution in [0, 0.1) is 5.82 Å². The molecule has 0 spiro atoms. The number of methoxy groups -OCH3 is 1. The Morgan fingerprint density at radius 1 is 1.08 bits per heavy atom. The second kappa shape index (κ2) is 14.3. The summed E-state index contributed by atoms with van der Waals surface area (Å²) in [4.78, 5) is 69.5. The topological polar surface area (TPSA) is 155 Å². The standard InChI is InChI=1S/C34H40ClFN6O7/c1-34(2,3)29-27(23-6-5-7-24(36)28(23)35)30(44)41(17-13-37-32(46)47)33(48)42(29)19-26(43)39-14-11-21(12-15-39)40-16-10-20-18-22(49-4)8-9-25(20)38-31(40)45/h5-9,18,21,37H,10-17,19H2,1-4H3,(H,38,45)(H,46,47). The monoisotopic (exact) mass is 698 g/mol. The fourth-order valence-corrected chi connectivity index (χ4v) is 6.82. The van der Waals surface area contributed by atoms with Crippen LogP contribution >= 0.6 is 11.6 Å². The Morgan fingerprint density at radius 2 is 1.80 bits per heavy atom. The summed E-state index contributed by atoms with van der Waals surface area (Å²) in [6.45, 7) is 5.44. The maximum atomic E-state index is 14.7. The lowest BCUT2D eigenvalue weighted by Crippen LogP contribution is -2.52. The molecule has 13 nitrogen and oxygen atoms in total. The van der Waals surface area contributed by atoms with E-state index in [4.69, 9.17) is 21.4 Å². The van der Waals surface area contributed by atoms with Gasteiger partial charge in [0.2, 0.25) is 5.91 Å². The number of fused-ring (bicyclic) bond motifs is 1. The molecule has 2 aliphatic rings. The first-order valence-electron chi connectivity index (χ1n) is 16.0. The molecule has 262 valence electrons. The van der Waals surface area contributed by atoms with E-state index in [1.165, 1.54) is 16.7 Å². The molecular formula is C34H40ClFN6O7. The molecular weight excluding hydrogens is 659 g/mol. The van der Waals surface area contributed by atoms with Crippen molar-refractivity contribution in [3.8, 4) is 16.9 Å². The summed E-state index contributed by atoms with van der Waals surface area (Å²) >= 11 is 6.36. The Bertz CT molecular complexity index is 1900. The molecule has 2 aromatic carbocycles. The van der Waals surface area contributed by atoms with Gasteiger partial charge in [-0.25, -0.2) is 18.8 Å². The summed E-state index contributed by atoms with van der Waals surface area (Å²) in [5.41, 5.74) is -0.579. The summed E-state index contributed by atoms with van der Waals surface area (Å²) in [6.07, 6.45) is 0.335. The van der Waals surface area contributed by atoms with E-state index in [9.17, 15) is 28.4 Å². The fraction of sp³-hybridized carbons (Fsp3) is 0.441. The molecule has 0 unspecified atom stereocenters. The minimum Gasteiger partial charge on any atom is -0.497 e. The zero-order chi connectivity index (χ0) is 35.6. The Kier molecular flexibility index (Phi) is 10.4. The molecule has 2 aliphatic heterocycles. The van der Waals surface area contributed by atoms with Gasteiger partial charge >= 0.3 is 17.8 Å². The number of piperidine rings is 1. The summed E-state index contributed by atoms with van der Waals surface area (Å²) < 4.78 is 22.1. The zero-order valence-corrected chi connectivity index (χ0v) is 28.6. The van der Waals surface area contributed by atoms with Gasteiger partial charge in [-0.3, -0.25) is 18.7 Å². The first-order valence-corrected chi connectivity index (χ1v) is 16.4. The van der Waals surface area contributed by atoms with Crippen LogP contribution in [0.4, 0.5) is 19.7 Å². The number of benzene rings is 2. The van der Waals surface area contributed by atoms with E-state index in [0.717, 1.165) is 21.9 Å². The van der Waals surface area contributed by atoms with Crippen molar-refractivity contribution in [1.29, 1.82) is 0 Å². The third-order valence-electron chi connectivity index (χ3n) is 8.96. The number of carbonyl (C=O) groups excluding carboxylic acids is 2. The van der Waals surface area contributed by atoms with Gasteiger partial charge in [-0.2, -0.15) is 0 Å². The number of carbonyl (C=O) groups is 3. The number of carboxylic acid groups (broad SMARTS) is 1. The van der Waals surface area contributed by atoms with Crippen molar-refractivity contribution in [3.63, 3.8) is 0 Å². The molecule has 15 heteroatoms. The second-order valence-corrected chi connectivity index (χ2v) is 13.5. The fourth-order valence-electron chi connectivity index (χ4n) is 6.60. The molecule has 3 heterocycles. The first-order chi connectivity index (χ1) is 23.2. The molecule has 0 atom stereocenters. The molecule has 5 rings (SSSR count). The van der Waals surface area contributed by atoms with Crippen molar-refractivity contribution in [3.05, 3.63) is 79.3 Å². The highest BCUT2D eigenvalue weighted by Gasteiger charge is 2.34. The second-order valence-electron chi connectivity index (χ2n) is 13.1. The van der Waals surface area contributed by atoms with Gasteiger partial charge in [0.05, 0.1) is 17.7 Å². The number of aromatic nitrogens is 2. The molecule has 1 fully saturated rings. The van der Waals surface area contributed by atoms with Crippen LogP contribution in [0.25, 0.3) is 11.1 Å². The van der Waals surface area contributed by atoms with Crippen LogP contribution < -0.4 is 26.6 Å². The average Bonchev–Trinajstić information content (AvgIpc) is 3.22. The van der Waals surface area contributed by atoms with Crippen molar-refractivity contribution in [2.45, 2.75) is 64.6 Å². The van der Waals surface area contributed by atoms with E-state index in [0.29, 0.717) is 44.6 Å². The number of amides is 4. The van der Waals surface area contributed by atoms with Crippen LogP contribution in [0.2, 0.25) is 5.02 Å². The van der Waals surface area contributed by atoms with Crippen molar-refractivity contribution in [1.82, 2.24) is 24.3 Å². The maximum absolute atomic E-state index is 14.7. The van der Waals surface area contributed by atoms with Gasteiger partial charge in [-0.1, -0.05) is 44.5 Å².